The molecule has 30 heavy (non-hydrogen) atoms. The zero-order chi connectivity index (χ0) is 20.5. The molecule has 0 saturated carbocycles. The fraction of sp³-hybridized carbons (Fsp3) is 0.476. The summed E-state index contributed by atoms with van der Waals surface area (Å²) >= 11 is 0. The summed E-state index contributed by atoms with van der Waals surface area (Å²) in [5, 5.41) is 23.8. The number of aryl methyl sites for hydroxylation is 1. The second-order valence-corrected chi connectivity index (χ2v) is 8.18. The molecule has 3 aromatic heterocycles. The van der Waals surface area contributed by atoms with Crippen LogP contribution in [0.25, 0.3) is 11.0 Å². The van der Waals surface area contributed by atoms with Crippen LogP contribution in [0.15, 0.2) is 24.4 Å². The highest BCUT2D eigenvalue weighted by atomic mass is 15.3. The van der Waals surface area contributed by atoms with E-state index < -0.39 is 0 Å². The van der Waals surface area contributed by atoms with Crippen molar-refractivity contribution in [2.24, 2.45) is 0 Å². The molecule has 0 spiro atoms. The van der Waals surface area contributed by atoms with E-state index in [0.29, 0.717) is 42.0 Å². The normalized spacial score (nSPS) is 23.4. The van der Waals surface area contributed by atoms with Crippen molar-refractivity contribution in [3.63, 3.8) is 0 Å². The van der Waals surface area contributed by atoms with Gasteiger partial charge in [-0.3, -0.25) is 10.00 Å². The molecule has 5 rings (SSSR count). The first-order valence-electron chi connectivity index (χ1n) is 10.5. The topological polar surface area (TPSA) is 118 Å². The molecule has 0 radical (unpaired) electrons. The lowest BCUT2D eigenvalue weighted by Crippen LogP contribution is -2.47. The van der Waals surface area contributed by atoms with Crippen LogP contribution in [0.1, 0.15) is 37.8 Å². The van der Waals surface area contributed by atoms with Crippen LogP contribution in [0, 0.1) is 18.3 Å². The van der Waals surface area contributed by atoms with E-state index in [-0.39, 0.29) is 0 Å². The number of aromatic amines is 1. The number of hydrogen-bond donors (Lipinski definition) is 3. The molecule has 3 N–H and O–H groups in total. The quantitative estimate of drug-likeness (QED) is 0.574. The second kappa shape index (κ2) is 7.88. The molecule has 2 fully saturated rings. The van der Waals surface area contributed by atoms with E-state index in [4.69, 9.17) is 10.2 Å². The summed E-state index contributed by atoms with van der Waals surface area (Å²) in [6, 6.07) is 9.55. The minimum Gasteiger partial charge on any atom is -0.366 e. The number of nitrogens with one attached hydrogen (secondary N) is 3. The Labute approximate surface area is 174 Å². The van der Waals surface area contributed by atoms with Gasteiger partial charge in [0.15, 0.2) is 11.5 Å². The third-order valence-electron chi connectivity index (χ3n) is 6.12. The van der Waals surface area contributed by atoms with Gasteiger partial charge in [-0.1, -0.05) is 0 Å². The Morgan fingerprint density at radius 3 is 2.83 bits per heavy atom. The molecule has 2 bridgehead atoms. The molecule has 9 nitrogen and oxygen atoms in total. The van der Waals surface area contributed by atoms with Crippen LogP contribution in [-0.2, 0) is 0 Å². The lowest BCUT2D eigenvalue weighted by atomic mass is 9.97. The number of pyridine rings is 1. The van der Waals surface area contributed by atoms with E-state index in [2.05, 4.69) is 41.8 Å². The minimum absolute atomic E-state index is 0.347. The van der Waals surface area contributed by atoms with Gasteiger partial charge in [-0.2, -0.15) is 20.3 Å². The van der Waals surface area contributed by atoms with Gasteiger partial charge in [-0.25, -0.2) is 4.98 Å². The molecule has 3 aromatic rings. The van der Waals surface area contributed by atoms with Crippen LogP contribution in [0.5, 0.6) is 0 Å². The molecule has 9 heteroatoms. The van der Waals surface area contributed by atoms with Crippen LogP contribution in [-0.4, -0.2) is 54.7 Å². The van der Waals surface area contributed by atoms with Crippen LogP contribution >= 0.6 is 0 Å². The highest BCUT2D eigenvalue weighted by molar-refractivity contribution is 5.87. The predicted molar refractivity (Wildman–Crippen MR) is 114 cm³/mol. The van der Waals surface area contributed by atoms with Gasteiger partial charge in [0.25, 0.3) is 0 Å². The Hall–Kier alpha value is -3.25. The minimum atomic E-state index is 0.347. The van der Waals surface area contributed by atoms with Crippen molar-refractivity contribution >= 4 is 28.6 Å². The van der Waals surface area contributed by atoms with Crippen LogP contribution < -0.4 is 10.6 Å². The number of fused-ring (bicyclic) bond motifs is 3. The summed E-state index contributed by atoms with van der Waals surface area (Å²) < 4.78 is 0. The number of piperidine rings is 1. The zero-order valence-corrected chi connectivity index (χ0v) is 17.0. The maximum absolute atomic E-state index is 8.95. The smallest absolute Gasteiger partial charge is 0.232 e. The van der Waals surface area contributed by atoms with Gasteiger partial charge in [0.2, 0.25) is 5.95 Å². The standard InChI is InChI=1S/C21H25N9/c1-13-10-18(29-28-13)25-21-26-19-17(4-2-8-23-19)20(27-21)24-14-11-15-5-6-16(12-14)30(15)9-3-7-22/h2,4,8,10,14-16H,3,5-6,9,11-12H2,1H3,(H3,23,24,25,26,27,28,29). The fourth-order valence-corrected chi connectivity index (χ4v) is 4.85. The molecule has 2 aliphatic heterocycles. The van der Waals surface area contributed by atoms with Crippen molar-refractivity contribution < 1.29 is 0 Å². The molecule has 2 unspecified atom stereocenters. The van der Waals surface area contributed by atoms with E-state index in [1.54, 1.807) is 6.20 Å². The van der Waals surface area contributed by atoms with Crippen molar-refractivity contribution in [3.8, 4) is 6.07 Å². The Balaban J connectivity index is 1.38. The summed E-state index contributed by atoms with van der Waals surface area (Å²) in [4.78, 5) is 16.3. The summed E-state index contributed by atoms with van der Waals surface area (Å²) in [6.45, 7) is 2.83. The number of hydrogen-bond acceptors (Lipinski definition) is 8. The molecule has 2 atom stereocenters. The lowest BCUT2D eigenvalue weighted by Gasteiger charge is -2.39. The average molecular weight is 403 g/mol. The van der Waals surface area contributed by atoms with E-state index in [1.165, 1.54) is 12.8 Å². The van der Waals surface area contributed by atoms with Crippen LogP contribution in [0.4, 0.5) is 17.6 Å². The molecule has 2 saturated heterocycles. The van der Waals surface area contributed by atoms with Gasteiger partial charge in [-0.15, -0.1) is 0 Å². The van der Waals surface area contributed by atoms with Crippen molar-refractivity contribution in [1.29, 1.82) is 5.26 Å². The Morgan fingerprint density at radius 2 is 2.10 bits per heavy atom. The molecule has 0 aliphatic carbocycles. The summed E-state index contributed by atoms with van der Waals surface area (Å²) in [5.74, 6) is 1.96. The Morgan fingerprint density at radius 1 is 1.27 bits per heavy atom. The van der Waals surface area contributed by atoms with Crippen molar-refractivity contribution in [3.05, 3.63) is 30.1 Å². The molecule has 0 aromatic carbocycles. The summed E-state index contributed by atoms with van der Waals surface area (Å²) in [6.07, 6.45) is 6.91. The predicted octanol–water partition coefficient (Wildman–Crippen LogP) is 3.12. The zero-order valence-electron chi connectivity index (χ0n) is 17.0. The first-order valence-corrected chi connectivity index (χ1v) is 10.5. The average Bonchev–Trinajstić information content (AvgIpc) is 3.25. The summed E-state index contributed by atoms with van der Waals surface area (Å²) in [5.41, 5.74) is 1.62. The fourth-order valence-electron chi connectivity index (χ4n) is 4.85. The number of rotatable bonds is 6. The highest BCUT2D eigenvalue weighted by Gasteiger charge is 2.40. The van der Waals surface area contributed by atoms with Gasteiger partial charge in [0, 0.05) is 49.0 Å². The Bertz CT molecular complexity index is 1070. The maximum Gasteiger partial charge on any atom is 0.232 e. The van der Waals surface area contributed by atoms with E-state index in [1.807, 2.05) is 25.1 Å². The van der Waals surface area contributed by atoms with Crippen molar-refractivity contribution in [1.82, 2.24) is 30.0 Å². The first-order chi connectivity index (χ1) is 14.7. The van der Waals surface area contributed by atoms with Gasteiger partial charge in [0.05, 0.1) is 11.5 Å². The van der Waals surface area contributed by atoms with Gasteiger partial charge in [0.1, 0.15) is 5.82 Å². The number of nitriles is 1. The van der Waals surface area contributed by atoms with Crippen LogP contribution in [0.3, 0.4) is 0 Å². The highest BCUT2D eigenvalue weighted by Crippen LogP contribution is 2.37. The molecule has 154 valence electrons. The summed E-state index contributed by atoms with van der Waals surface area (Å²) in [7, 11) is 0. The van der Waals surface area contributed by atoms with E-state index in [9.17, 15) is 0 Å². The van der Waals surface area contributed by atoms with Gasteiger partial charge in [-0.05, 0) is 44.7 Å². The number of anilines is 3. The molecule has 5 heterocycles. The SMILES string of the molecule is Cc1cc(Nc2nc(NC3CC4CCC(C3)N4CCC#N)c3cccnc3n2)n[nH]1. The van der Waals surface area contributed by atoms with Gasteiger partial charge < -0.3 is 10.6 Å². The number of aromatic nitrogens is 5. The molecular formula is C21H25N9. The Kier molecular flexibility index (Phi) is 4.93. The molecular weight excluding hydrogens is 378 g/mol. The van der Waals surface area contributed by atoms with E-state index in [0.717, 1.165) is 36.3 Å². The molecule has 2 aliphatic rings. The first kappa shape index (κ1) is 18.8. The van der Waals surface area contributed by atoms with Crippen LogP contribution in [0.2, 0.25) is 0 Å². The third-order valence-corrected chi connectivity index (χ3v) is 6.12. The van der Waals surface area contributed by atoms with Gasteiger partial charge >= 0.3 is 0 Å². The molecule has 0 amide bonds. The maximum atomic E-state index is 8.95. The van der Waals surface area contributed by atoms with E-state index >= 15 is 0 Å². The lowest BCUT2D eigenvalue weighted by molar-refractivity contribution is 0.136. The number of H-pyrrole nitrogens is 1. The second-order valence-electron chi connectivity index (χ2n) is 8.18. The third kappa shape index (κ3) is 3.66. The monoisotopic (exact) mass is 403 g/mol. The largest absolute Gasteiger partial charge is 0.366 e. The number of nitrogens with zero attached hydrogens (tertiary/aromatic N) is 6. The van der Waals surface area contributed by atoms with Crippen molar-refractivity contribution in [2.75, 3.05) is 17.2 Å². The van der Waals surface area contributed by atoms with Crippen molar-refractivity contribution in [2.45, 2.75) is 57.2 Å².